The molecule has 3 rings (SSSR count). The smallest absolute Gasteiger partial charge is 0.335 e. The first kappa shape index (κ1) is 12.6. The quantitative estimate of drug-likeness (QED) is 0.858. The molecule has 1 N–H and O–H groups in total. The number of hydrogen-bond acceptors (Lipinski definition) is 2. The molecule has 2 aliphatic rings. The van der Waals surface area contributed by atoms with E-state index in [4.69, 9.17) is 5.11 Å². The predicted octanol–water partition coefficient (Wildman–Crippen LogP) is 2.90. The molecule has 4 heteroatoms. The molecule has 0 radical (unpaired) electrons. The summed E-state index contributed by atoms with van der Waals surface area (Å²) >= 11 is 0. The SMILES string of the molecule is O=C(O)c1cc(F)cc(CN(CC2CC2)C2CC2)c1. The van der Waals surface area contributed by atoms with E-state index in [1.165, 1.54) is 31.7 Å². The molecular weight excluding hydrogens is 245 g/mol. The van der Waals surface area contributed by atoms with Gasteiger partial charge in [0, 0.05) is 19.1 Å². The molecule has 0 aliphatic heterocycles. The van der Waals surface area contributed by atoms with Crippen molar-refractivity contribution in [2.75, 3.05) is 6.54 Å². The first-order valence-electron chi connectivity index (χ1n) is 6.88. The molecule has 102 valence electrons. The van der Waals surface area contributed by atoms with Crippen LogP contribution in [0.25, 0.3) is 0 Å². The van der Waals surface area contributed by atoms with Crippen molar-refractivity contribution in [2.45, 2.75) is 38.3 Å². The standard InChI is InChI=1S/C15H18FNO2/c16-13-6-11(5-12(7-13)15(18)19)9-17(14-3-4-14)8-10-1-2-10/h5-7,10,14H,1-4,8-9H2,(H,18,19). The maximum atomic E-state index is 13.4. The van der Waals surface area contributed by atoms with Crippen LogP contribution < -0.4 is 0 Å². The molecule has 0 bridgehead atoms. The fourth-order valence-electron chi connectivity index (χ4n) is 2.51. The Morgan fingerprint density at radius 3 is 2.58 bits per heavy atom. The molecular formula is C15H18FNO2. The van der Waals surface area contributed by atoms with Crippen LogP contribution in [0.4, 0.5) is 4.39 Å². The minimum Gasteiger partial charge on any atom is -0.478 e. The number of rotatable bonds is 6. The number of halogens is 1. The van der Waals surface area contributed by atoms with Gasteiger partial charge in [-0.2, -0.15) is 0 Å². The lowest BCUT2D eigenvalue weighted by molar-refractivity contribution is 0.0696. The van der Waals surface area contributed by atoms with Crippen LogP contribution in [0, 0.1) is 11.7 Å². The highest BCUT2D eigenvalue weighted by Crippen LogP contribution is 2.35. The van der Waals surface area contributed by atoms with Gasteiger partial charge in [0.15, 0.2) is 0 Å². The van der Waals surface area contributed by atoms with Crippen molar-refractivity contribution in [2.24, 2.45) is 5.92 Å². The lowest BCUT2D eigenvalue weighted by Gasteiger charge is -2.22. The van der Waals surface area contributed by atoms with E-state index < -0.39 is 11.8 Å². The van der Waals surface area contributed by atoms with Gasteiger partial charge in [0.2, 0.25) is 0 Å². The second-order valence-corrected chi connectivity index (χ2v) is 5.76. The van der Waals surface area contributed by atoms with Gasteiger partial charge in [-0.15, -0.1) is 0 Å². The monoisotopic (exact) mass is 263 g/mol. The van der Waals surface area contributed by atoms with E-state index in [-0.39, 0.29) is 5.56 Å². The summed E-state index contributed by atoms with van der Waals surface area (Å²) in [5.74, 6) is -0.730. The Hall–Kier alpha value is -1.42. The molecule has 0 spiro atoms. The van der Waals surface area contributed by atoms with Gasteiger partial charge in [-0.25, -0.2) is 9.18 Å². The summed E-state index contributed by atoms with van der Waals surface area (Å²) in [7, 11) is 0. The topological polar surface area (TPSA) is 40.5 Å². The minimum atomic E-state index is -1.07. The fraction of sp³-hybridized carbons (Fsp3) is 0.533. The van der Waals surface area contributed by atoms with Crippen LogP contribution in [-0.4, -0.2) is 28.6 Å². The number of carbonyl (C=O) groups is 1. The number of carboxylic acid groups (broad SMARTS) is 1. The molecule has 0 unspecified atom stereocenters. The van der Waals surface area contributed by atoms with Crippen molar-refractivity contribution < 1.29 is 14.3 Å². The molecule has 0 aromatic heterocycles. The Kier molecular flexibility index (Phi) is 3.27. The van der Waals surface area contributed by atoms with Crippen molar-refractivity contribution in [3.05, 3.63) is 35.1 Å². The third kappa shape index (κ3) is 3.32. The van der Waals surface area contributed by atoms with Gasteiger partial charge in [0.05, 0.1) is 5.56 Å². The van der Waals surface area contributed by atoms with Crippen LogP contribution in [0.3, 0.4) is 0 Å². The Balaban J connectivity index is 1.74. The molecule has 2 aliphatic carbocycles. The Bertz CT molecular complexity index is 495. The van der Waals surface area contributed by atoms with Gasteiger partial charge in [-0.3, -0.25) is 4.90 Å². The lowest BCUT2D eigenvalue weighted by atomic mass is 10.1. The van der Waals surface area contributed by atoms with Crippen LogP contribution in [0.15, 0.2) is 18.2 Å². The van der Waals surface area contributed by atoms with Crippen molar-refractivity contribution in [1.82, 2.24) is 4.90 Å². The number of nitrogens with zero attached hydrogens (tertiary/aromatic N) is 1. The average molecular weight is 263 g/mol. The van der Waals surface area contributed by atoms with Crippen molar-refractivity contribution in [1.29, 1.82) is 0 Å². The summed E-state index contributed by atoms with van der Waals surface area (Å²) in [5, 5.41) is 8.96. The van der Waals surface area contributed by atoms with Crippen molar-refractivity contribution in [3.63, 3.8) is 0 Å². The second-order valence-electron chi connectivity index (χ2n) is 5.76. The molecule has 0 amide bonds. The predicted molar refractivity (Wildman–Crippen MR) is 69.5 cm³/mol. The van der Waals surface area contributed by atoms with E-state index in [2.05, 4.69) is 4.90 Å². The molecule has 1 aromatic carbocycles. The third-order valence-electron chi connectivity index (χ3n) is 3.84. The number of aromatic carboxylic acids is 1. The second kappa shape index (κ2) is 4.93. The first-order chi connectivity index (χ1) is 9.11. The zero-order valence-corrected chi connectivity index (χ0v) is 10.8. The van der Waals surface area contributed by atoms with Gasteiger partial charge in [-0.1, -0.05) is 0 Å². The highest BCUT2D eigenvalue weighted by atomic mass is 19.1. The highest BCUT2D eigenvalue weighted by Gasteiger charge is 2.33. The van der Waals surface area contributed by atoms with E-state index in [1.54, 1.807) is 6.07 Å². The summed E-state index contributed by atoms with van der Waals surface area (Å²) in [4.78, 5) is 13.3. The summed E-state index contributed by atoms with van der Waals surface area (Å²) in [6.07, 6.45) is 5.03. The van der Waals surface area contributed by atoms with Crippen molar-refractivity contribution >= 4 is 5.97 Å². The lowest BCUT2D eigenvalue weighted by Crippen LogP contribution is -2.28. The van der Waals surface area contributed by atoms with Gasteiger partial charge < -0.3 is 5.11 Å². The summed E-state index contributed by atoms with van der Waals surface area (Å²) in [6, 6.07) is 4.74. The number of hydrogen-bond donors (Lipinski definition) is 1. The van der Waals surface area contributed by atoms with E-state index in [9.17, 15) is 9.18 Å². The number of benzene rings is 1. The van der Waals surface area contributed by atoms with E-state index in [1.807, 2.05) is 0 Å². The molecule has 19 heavy (non-hydrogen) atoms. The van der Waals surface area contributed by atoms with Gasteiger partial charge in [0.1, 0.15) is 5.82 Å². The Labute approximate surface area is 112 Å². The molecule has 0 atom stereocenters. The molecule has 2 saturated carbocycles. The molecule has 0 heterocycles. The van der Waals surface area contributed by atoms with Gasteiger partial charge >= 0.3 is 5.97 Å². The normalized spacial score (nSPS) is 18.8. The molecule has 2 fully saturated rings. The summed E-state index contributed by atoms with van der Waals surface area (Å²) in [5.41, 5.74) is 0.808. The van der Waals surface area contributed by atoms with E-state index in [0.29, 0.717) is 12.6 Å². The van der Waals surface area contributed by atoms with Crippen LogP contribution >= 0.6 is 0 Å². The van der Waals surface area contributed by atoms with Crippen LogP contribution in [0.2, 0.25) is 0 Å². The summed E-state index contributed by atoms with van der Waals surface area (Å²) < 4.78 is 13.4. The summed E-state index contributed by atoms with van der Waals surface area (Å²) in [6.45, 7) is 1.74. The van der Waals surface area contributed by atoms with Gasteiger partial charge in [0.25, 0.3) is 0 Å². The maximum absolute atomic E-state index is 13.4. The Morgan fingerprint density at radius 2 is 2.00 bits per heavy atom. The fourth-order valence-corrected chi connectivity index (χ4v) is 2.51. The van der Waals surface area contributed by atoms with Gasteiger partial charge in [-0.05, 0) is 55.4 Å². The average Bonchev–Trinajstić information content (AvgIpc) is 3.21. The van der Waals surface area contributed by atoms with Crippen molar-refractivity contribution in [3.8, 4) is 0 Å². The highest BCUT2D eigenvalue weighted by molar-refractivity contribution is 5.87. The zero-order chi connectivity index (χ0) is 13.4. The van der Waals surface area contributed by atoms with E-state index >= 15 is 0 Å². The van der Waals surface area contributed by atoms with E-state index in [0.717, 1.165) is 24.1 Å². The van der Waals surface area contributed by atoms with Crippen LogP contribution in [0.1, 0.15) is 41.6 Å². The van der Waals surface area contributed by atoms with Crippen LogP contribution in [0.5, 0.6) is 0 Å². The zero-order valence-electron chi connectivity index (χ0n) is 10.8. The minimum absolute atomic E-state index is 0.0390. The maximum Gasteiger partial charge on any atom is 0.335 e. The third-order valence-corrected chi connectivity index (χ3v) is 3.84. The molecule has 0 saturated heterocycles. The molecule has 1 aromatic rings. The molecule has 3 nitrogen and oxygen atoms in total. The Morgan fingerprint density at radius 1 is 1.26 bits per heavy atom. The largest absolute Gasteiger partial charge is 0.478 e. The van der Waals surface area contributed by atoms with Crippen LogP contribution in [-0.2, 0) is 6.54 Å². The number of carboxylic acids is 1. The first-order valence-corrected chi connectivity index (χ1v) is 6.88.